The van der Waals surface area contributed by atoms with E-state index in [-0.39, 0.29) is 5.56 Å². The number of fused-ring (bicyclic) bond motifs is 1. The minimum absolute atomic E-state index is 0.146. The van der Waals surface area contributed by atoms with E-state index in [2.05, 4.69) is 0 Å². The molecule has 0 fully saturated rings. The van der Waals surface area contributed by atoms with Crippen LogP contribution in [-0.4, -0.2) is 25.7 Å². The van der Waals surface area contributed by atoms with Crippen molar-refractivity contribution in [3.63, 3.8) is 0 Å². The smallest absolute Gasteiger partial charge is 0.357 e. The molecule has 2 aromatic carbocycles. The first-order valence-corrected chi connectivity index (χ1v) is 11.0. The second-order valence-electron chi connectivity index (χ2n) is 6.02. The lowest BCUT2D eigenvalue weighted by Crippen LogP contribution is -2.22. The highest BCUT2D eigenvalue weighted by molar-refractivity contribution is 7.66. The van der Waals surface area contributed by atoms with E-state index in [1.165, 1.54) is 6.07 Å². The fourth-order valence-corrected chi connectivity index (χ4v) is 6.14. The molecule has 2 atom stereocenters. The van der Waals surface area contributed by atoms with Gasteiger partial charge in [0.15, 0.2) is 0 Å². The van der Waals surface area contributed by atoms with Crippen molar-refractivity contribution in [2.75, 3.05) is 0 Å². The van der Waals surface area contributed by atoms with Crippen LogP contribution in [0.25, 0.3) is 5.31 Å². The highest BCUT2D eigenvalue weighted by Gasteiger charge is 2.48. The molecular formula is C17H18O7P2. The summed E-state index contributed by atoms with van der Waals surface area (Å²) >= 11 is 0. The average molecular weight is 396 g/mol. The monoisotopic (exact) mass is 396 g/mol. The van der Waals surface area contributed by atoms with Gasteiger partial charge in [-0.3, -0.25) is 9.13 Å². The second-order valence-corrected chi connectivity index (χ2v) is 9.13. The van der Waals surface area contributed by atoms with Gasteiger partial charge in [0.2, 0.25) is 0 Å². The fraction of sp³-hybridized carbons (Fsp3) is 0.176. The van der Waals surface area contributed by atoms with Crippen LogP contribution in [0.15, 0.2) is 59.9 Å². The SMILES string of the molecule is CC(Oc1ccccc1)C1C(P(=O)(O)O)=C(P(=O)(O)O)c2ccccc21. The van der Waals surface area contributed by atoms with Crippen LogP contribution in [0.4, 0.5) is 0 Å². The van der Waals surface area contributed by atoms with E-state index >= 15 is 0 Å². The summed E-state index contributed by atoms with van der Waals surface area (Å²) in [5.41, 5.74) is 0.570. The molecule has 138 valence electrons. The first-order chi connectivity index (χ1) is 12.1. The van der Waals surface area contributed by atoms with Crippen molar-refractivity contribution in [2.45, 2.75) is 18.9 Å². The van der Waals surface area contributed by atoms with Crippen molar-refractivity contribution >= 4 is 20.5 Å². The molecule has 4 N–H and O–H groups in total. The van der Waals surface area contributed by atoms with E-state index in [4.69, 9.17) is 4.74 Å². The van der Waals surface area contributed by atoms with Gasteiger partial charge in [0.05, 0.1) is 16.5 Å². The minimum Gasteiger partial charge on any atom is -0.490 e. The van der Waals surface area contributed by atoms with Crippen LogP contribution in [0, 0.1) is 0 Å². The summed E-state index contributed by atoms with van der Waals surface area (Å²) in [4.78, 5) is 39.2. The van der Waals surface area contributed by atoms with Crippen LogP contribution in [0.2, 0.25) is 0 Å². The van der Waals surface area contributed by atoms with Gasteiger partial charge in [-0.2, -0.15) is 0 Å². The molecule has 0 aromatic heterocycles. The summed E-state index contributed by atoms with van der Waals surface area (Å²) in [5, 5.41) is -1.18. The number of ether oxygens (including phenoxy) is 1. The molecule has 2 unspecified atom stereocenters. The third kappa shape index (κ3) is 3.55. The van der Waals surface area contributed by atoms with E-state index in [9.17, 15) is 28.7 Å². The van der Waals surface area contributed by atoms with Crippen LogP contribution in [0.5, 0.6) is 5.75 Å². The maximum absolute atomic E-state index is 12.2. The molecular weight excluding hydrogens is 378 g/mol. The Bertz CT molecular complexity index is 943. The predicted molar refractivity (Wildman–Crippen MR) is 96.7 cm³/mol. The summed E-state index contributed by atoms with van der Waals surface area (Å²) in [6, 6.07) is 15.0. The zero-order valence-electron chi connectivity index (χ0n) is 13.8. The lowest BCUT2D eigenvalue weighted by molar-refractivity contribution is 0.203. The summed E-state index contributed by atoms with van der Waals surface area (Å²) < 4.78 is 30.0. The van der Waals surface area contributed by atoms with Crippen LogP contribution in [0.1, 0.15) is 24.0 Å². The lowest BCUT2D eigenvalue weighted by Gasteiger charge is -2.25. The first kappa shape index (κ1) is 19.1. The Labute approximate surface area is 150 Å². The molecule has 0 bridgehead atoms. The molecule has 0 spiro atoms. The van der Waals surface area contributed by atoms with E-state index in [1.54, 1.807) is 55.5 Å². The number of hydrogen-bond acceptors (Lipinski definition) is 3. The van der Waals surface area contributed by atoms with Crippen LogP contribution in [0.3, 0.4) is 0 Å². The van der Waals surface area contributed by atoms with Gasteiger partial charge in [-0.15, -0.1) is 0 Å². The molecule has 9 heteroatoms. The van der Waals surface area contributed by atoms with Gasteiger partial charge in [0.1, 0.15) is 11.9 Å². The Kier molecular flexibility index (Phi) is 4.97. The molecule has 26 heavy (non-hydrogen) atoms. The number of para-hydroxylation sites is 1. The van der Waals surface area contributed by atoms with Gasteiger partial charge < -0.3 is 24.3 Å². The lowest BCUT2D eigenvalue weighted by atomic mass is 9.96. The largest absolute Gasteiger partial charge is 0.490 e. The van der Waals surface area contributed by atoms with Crippen LogP contribution < -0.4 is 4.74 Å². The van der Waals surface area contributed by atoms with Crippen molar-refractivity contribution in [3.05, 3.63) is 71.0 Å². The number of hydrogen-bond donors (Lipinski definition) is 4. The molecule has 2 aromatic rings. The standard InChI is InChI=1S/C17H18O7P2/c1-11(24-12-7-3-2-4-8-12)15-13-9-5-6-10-14(13)16(25(18,19)20)17(15)26(21,22)23/h2-11,15H,1H3,(H2,18,19,20)(H2,21,22,23). The highest BCUT2D eigenvalue weighted by atomic mass is 31.2. The number of rotatable bonds is 5. The van der Waals surface area contributed by atoms with Crippen molar-refractivity contribution < 1.29 is 33.4 Å². The summed E-state index contributed by atoms with van der Waals surface area (Å²) in [6.45, 7) is 1.62. The molecule has 0 amide bonds. The van der Waals surface area contributed by atoms with Crippen molar-refractivity contribution in [2.24, 2.45) is 0 Å². The van der Waals surface area contributed by atoms with Gasteiger partial charge >= 0.3 is 15.2 Å². The second kappa shape index (κ2) is 6.78. The third-order valence-corrected chi connectivity index (χ3v) is 6.60. The Morgan fingerprint density at radius 3 is 2.04 bits per heavy atom. The van der Waals surface area contributed by atoms with Crippen LogP contribution in [-0.2, 0) is 9.13 Å². The minimum atomic E-state index is -4.96. The first-order valence-electron chi connectivity index (χ1n) is 7.78. The molecule has 3 rings (SSSR count). The molecule has 0 heterocycles. The van der Waals surface area contributed by atoms with Crippen molar-refractivity contribution in [1.82, 2.24) is 0 Å². The van der Waals surface area contributed by atoms with E-state index in [0.717, 1.165) is 0 Å². The van der Waals surface area contributed by atoms with Gasteiger partial charge in [-0.1, -0.05) is 42.5 Å². The van der Waals surface area contributed by atoms with Gasteiger partial charge in [0, 0.05) is 0 Å². The van der Waals surface area contributed by atoms with Crippen LogP contribution >= 0.6 is 15.2 Å². The number of benzene rings is 2. The molecule has 1 aliphatic rings. The molecule has 0 saturated carbocycles. The molecule has 0 saturated heterocycles. The summed E-state index contributed by atoms with van der Waals surface area (Å²) in [5.74, 6) is -0.484. The maximum atomic E-state index is 12.2. The Morgan fingerprint density at radius 2 is 1.46 bits per heavy atom. The zero-order chi connectivity index (χ0) is 19.1. The Morgan fingerprint density at radius 1 is 0.885 bits per heavy atom. The normalized spacial score (nSPS) is 18.6. The van der Waals surface area contributed by atoms with E-state index in [0.29, 0.717) is 11.3 Å². The van der Waals surface area contributed by atoms with E-state index in [1.807, 2.05) is 0 Å². The molecule has 0 radical (unpaired) electrons. The third-order valence-electron chi connectivity index (χ3n) is 4.23. The Balaban J connectivity index is 2.17. The average Bonchev–Trinajstić information content (AvgIpc) is 2.91. The van der Waals surface area contributed by atoms with Gasteiger partial charge in [-0.05, 0) is 30.2 Å². The highest BCUT2D eigenvalue weighted by Crippen LogP contribution is 2.69. The van der Waals surface area contributed by atoms with Crippen molar-refractivity contribution in [3.8, 4) is 5.75 Å². The van der Waals surface area contributed by atoms with E-state index < -0.39 is 37.8 Å². The quantitative estimate of drug-likeness (QED) is 0.572. The fourth-order valence-electron chi connectivity index (χ4n) is 3.30. The van der Waals surface area contributed by atoms with Gasteiger partial charge in [-0.25, -0.2) is 0 Å². The molecule has 1 aliphatic carbocycles. The topological polar surface area (TPSA) is 124 Å². The Hall–Kier alpha value is -1.72. The molecule has 0 aliphatic heterocycles. The molecule has 7 nitrogen and oxygen atoms in total. The summed E-state index contributed by atoms with van der Waals surface area (Å²) in [6.07, 6.45) is -0.759. The van der Waals surface area contributed by atoms with Crippen molar-refractivity contribution in [1.29, 1.82) is 0 Å². The summed E-state index contributed by atoms with van der Waals surface area (Å²) in [7, 11) is -9.88. The maximum Gasteiger partial charge on any atom is 0.357 e. The van der Waals surface area contributed by atoms with Gasteiger partial charge in [0.25, 0.3) is 0 Å². The zero-order valence-corrected chi connectivity index (χ0v) is 15.5. The predicted octanol–water partition coefficient (Wildman–Crippen LogP) is 3.28.